The van der Waals surface area contributed by atoms with E-state index >= 15 is 0 Å². The number of pyridine rings is 2. The minimum atomic E-state index is -0.133. The number of anilines is 1. The van der Waals surface area contributed by atoms with E-state index in [4.69, 9.17) is 4.74 Å². The van der Waals surface area contributed by atoms with Gasteiger partial charge in [-0.3, -0.25) is 9.78 Å². The van der Waals surface area contributed by atoms with Gasteiger partial charge in [0.25, 0.3) is 5.91 Å². The van der Waals surface area contributed by atoms with Crippen molar-refractivity contribution >= 4 is 22.6 Å². The van der Waals surface area contributed by atoms with Gasteiger partial charge in [0.2, 0.25) is 0 Å². The summed E-state index contributed by atoms with van der Waals surface area (Å²) >= 11 is 0. The van der Waals surface area contributed by atoms with Crippen LogP contribution in [0.2, 0.25) is 0 Å². The van der Waals surface area contributed by atoms with E-state index in [1.165, 1.54) is 12.8 Å². The van der Waals surface area contributed by atoms with Crippen LogP contribution in [0.25, 0.3) is 10.9 Å². The molecular weight excluding hydrogens is 352 g/mol. The lowest BCUT2D eigenvalue weighted by Gasteiger charge is -2.16. The first kappa shape index (κ1) is 18.2. The molecular formula is C22H24N4O2. The summed E-state index contributed by atoms with van der Waals surface area (Å²) in [7, 11) is 1.63. The normalized spacial score (nSPS) is 13.7. The molecule has 3 aromatic rings. The van der Waals surface area contributed by atoms with Crippen LogP contribution in [-0.2, 0) is 6.54 Å². The summed E-state index contributed by atoms with van der Waals surface area (Å²) in [6, 6.07) is 11.6. The van der Waals surface area contributed by atoms with Crippen molar-refractivity contribution in [3.05, 3.63) is 59.4 Å². The molecule has 0 atom stereocenters. The van der Waals surface area contributed by atoms with E-state index < -0.39 is 0 Å². The molecule has 0 radical (unpaired) electrons. The second-order valence-electron chi connectivity index (χ2n) is 7.08. The molecule has 0 saturated carbocycles. The molecule has 1 amide bonds. The SMILES string of the molecule is COc1ccc2cc(C(=O)NCc3ccc(N4CCCC4)nc3)c(C)nc2c1. The largest absolute Gasteiger partial charge is 0.497 e. The molecule has 1 aliphatic rings. The number of carbonyl (C=O) groups excluding carboxylic acids is 1. The average Bonchev–Trinajstić information content (AvgIpc) is 3.26. The Morgan fingerprint density at radius 1 is 1.18 bits per heavy atom. The van der Waals surface area contributed by atoms with Crippen LogP contribution in [0.4, 0.5) is 5.82 Å². The fourth-order valence-electron chi connectivity index (χ4n) is 3.53. The van der Waals surface area contributed by atoms with Gasteiger partial charge in [-0.15, -0.1) is 0 Å². The monoisotopic (exact) mass is 376 g/mol. The Bertz CT molecular complexity index is 995. The Balaban J connectivity index is 1.45. The number of nitrogens with one attached hydrogen (secondary N) is 1. The van der Waals surface area contributed by atoms with Crippen molar-refractivity contribution in [3.63, 3.8) is 0 Å². The quantitative estimate of drug-likeness (QED) is 0.738. The number of hydrogen-bond acceptors (Lipinski definition) is 5. The number of ether oxygens (including phenoxy) is 1. The predicted molar refractivity (Wildman–Crippen MR) is 110 cm³/mol. The molecule has 6 heteroatoms. The number of aromatic nitrogens is 2. The lowest BCUT2D eigenvalue weighted by Crippen LogP contribution is -2.24. The molecule has 28 heavy (non-hydrogen) atoms. The van der Waals surface area contributed by atoms with Gasteiger partial charge in [-0.1, -0.05) is 6.07 Å². The van der Waals surface area contributed by atoms with Gasteiger partial charge >= 0.3 is 0 Å². The van der Waals surface area contributed by atoms with E-state index in [0.29, 0.717) is 17.8 Å². The molecule has 1 fully saturated rings. The van der Waals surface area contributed by atoms with Crippen molar-refractivity contribution < 1.29 is 9.53 Å². The van der Waals surface area contributed by atoms with Crippen LogP contribution in [0.5, 0.6) is 5.75 Å². The highest BCUT2D eigenvalue weighted by molar-refractivity contribution is 5.98. The summed E-state index contributed by atoms with van der Waals surface area (Å²) in [5, 5.41) is 3.89. The molecule has 1 aliphatic heterocycles. The maximum Gasteiger partial charge on any atom is 0.253 e. The third kappa shape index (κ3) is 3.76. The van der Waals surface area contributed by atoms with Gasteiger partial charge < -0.3 is 15.0 Å². The van der Waals surface area contributed by atoms with Crippen LogP contribution in [0.15, 0.2) is 42.6 Å². The van der Waals surface area contributed by atoms with E-state index in [0.717, 1.165) is 41.1 Å². The van der Waals surface area contributed by atoms with Crippen LogP contribution in [0.3, 0.4) is 0 Å². The van der Waals surface area contributed by atoms with E-state index in [2.05, 4.69) is 20.2 Å². The van der Waals surface area contributed by atoms with Gasteiger partial charge in [0.15, 0.2) is 0 Å². The summed E-state index contributed by atoms with van der Waals surface area (Å²) in [6.45, 7) is 4.43. The van der Waals surface area contributed by atoms with E-state index in [1.807, 2.05) is 49.5 Å². The van der Waals surface area contributed by atoms with Crippen molar-refractivity contribution in [3.8, 4) is 5.75 Å². The second-order valence-corrected chi connectivity index (χ2v) is 7.08. The topological polar surface area (TPSA) is 67.3 Å². The zero-order valence-electron chi connectivity index (χ0n) is 16.2. The highest BCUT2D eigenvalue weighted by Crippen LogP contribution is 2.22. The molecule has 1 N–H and O–H groups in total. The van der Waals surface area contributed by atoms with Crippen LogP contribution in [0, 0.1) is 6.92 Å². The standard InChI is InChI=1S/C22H24N4O2/c1-15-19(11-17-6-7-18(28-2)12-20(17)25-15)22(27)24-14-16-5-8-21(23-13-16)26-9-3-4-10-26/h5-8,11-13H,3-4,9-10,14H2,1-2H3,(H,24,27). The number of rotatable bonds is 5. The molecule has 0 bridgehead atoms. The Kier molecular flexibility index (Phi) is 5.10. The van der Waals surface area contributed by atoms with Gasteiger partial charge in [-0.25, -0.2) is 4.98 Å². The predicted octanol–water partition coefficient (Wildman–Crippen LogP) is 3.48. The molecule has 144 valence electrons. The molecule has 0 unspecified atom stereocenters. The van der Waals surface area contributed by atoms with Crippen molar-refractivity contribution in [2.45, 2.75) is 26.3 Å². The Labute approximate surface area is 164 Å². The number of fused-ring (bicyclic) bond motifs is 1. The lowest BCUT2D eigenvalue weighted by molar-refractivity contribution is 0.0950. The fourth-order valence-corrected chi connectivity index (χ4v) is 3.53. The molecule has 4 rings (SSSR count). The first-order valence-corrected chi connectivity index (χ1v) is 9.57. The molecule has 2 aromatic heterocycles. The van der Waals surface area contributed by atoms with Gasteiger partial charge in [0.05, 0.1) is 23.9 Å². The maximum absolute atomic E-state index is 12.7. The fraction of sp³-hybridized carbons (Fsp3) is 0.318. The number of benzene rings is 1. The molecule has 6 nitrogen and oxygen atoms in total. The molecule has 1 aromatic carbocycles. The first-order valence-electron chi connectivity index (χ1n) is 9.57. The smallest absolute Gasteiger partial charge is 0.253 e. The zero-order valence-corrected chi connectivity index (χ0v) is 16.2. The van der Waals surface area contributed by atoms with Crippen LogP contribution >= 0.6 is 0 Å². The van der Waals surface area contributed by atoms with Crippen LogP contribution in [-0.4, -0.2) is 36.1 Å². The van der Waals surface area contributed by atoms with E-state index in [1.54, 1.807) is 7.11 Å². The molecule has 0 spiro atoms. The van der Waals surface area contributed by atoms with Crippen LogP contribution < -0.4 is 15.0 Å². The molecule has 0 aliphatic carbocycles. The Morgan fingerprint density at radius 3 is 2.71 bits per heavy atom. The second kappa shape index (κ2) is 7.84. The van der Waals surface area contributed by atoms with Crippen molar-refractivity contribution in [2.24, 2.45) is 0 Å². The summed E-state index contributed by atoms with van der Waals surface area (Å²) < 4.78 is 5.24. The highest BCUT2D eigenvalue weighted by atomic mass is 16.5. The highest BCUT2D eigenvalue weighted by Gasteiger charge is 2.14. The minimum absolute atomic E-state index is 0.133. The van der Waals surface area contributed by atoms with Gasteiger partial charge in [0.1, 0.15) is 11.6 Å². The van der Waals surface area contributed by atoms with Crippen LogP contribution in [0.1, 0.15) is 34.5 Å². The number of amides is 1. The maximum atomic E-state index is 12.7. The van der Waals surface area contributed by atoms with Crippen molar-refractivity contribution in [1.29, 1.82) is 0 Å². The molecule has 3 heterocycles. The Hall–Kier alpha value is -3.15. The number of hydrogen-bond donors (Lipinski definition) is 1. The summed E-state index contributed by atoms with van der Waals surface area (Å²) in [5.74, 6) is 1.63. The Morgan fingerprint density at radius 2 is 2.00 bits per heavy atom. The third-order valence-corrected chi connectivity index (χ3v) is 5.15. The van der Waals surface area contributed by atoms with Crippen molar-refractivity contribution in [2.75, 3.05) is 25.1 Å². The number of methoxy groups -OCH3 is 1. The van der Waals surface area contributed by atoms with Gasteiger partial charge in [-0.2, -0.15) is 0 Å². The number of aryl methyl sites for hydroxylation is 1. The number of nitrogens with zero attached hydrogens (tertiary/aromatic N) is 3. The van der Waals surface area contributed by atoms with E-state index in [9.17, 15) is 4.79 Å². The minimum Gasteiger partial charge on any atom is -0.497 e. The third-order valence-electron chi connectivity index (χ3n) is 5.15. The average molecular weight is 376 g/mol. The van der Waals surface area contributed by atoms with Gasteiger partial charge in [0, 0.05) is 37.3 Å². The summed E-state index contributed by atoms with van der Waals surface area (Å²) in [5.41, 5.74) is 3.07. The van der Waals surface area contributed by atoms with Gasteiger partial charge in [-0.05, 0) is 49.6 Å². The lowest BCUT2D eigenvalue weighted by atomic mass is 10.1. The summed E-state index contributed by atoms with van der Waals surface area (Å²) in [6.07, 6.45) is 4.29. The zero-order chi connectivity index (χ0) is 19.5. The number of carbonyl (C=O) groups is 1. The summed E-state index contributed by atoms with van der Waals surface area (Å²) in [4.78, 5) is 24.1. The molecule has 1 saturated heterocycles. The van der Waals surface area contributed by atoms with E-state index in [-0.39, 0.29) is 5.91 Å². The first-order chi connectivity index (χ1) is 13.6. The van der Waals surface area contributed by atoms with Crippen molar-refractivity contribution in [1.82, 2.24) is 15.3 Å².